The molecule has 0 fully saturated rings. The van der Waals surface area contributed by atoms with Crippen LogP contribution in [0.3, 0.4) is 0 Å². The number of methoxy groups -OCH3 is 1. The molecule has 7 nitrogen and oxygen atoms in total. The van der Waals surface area contributed by atoms with E-state index in [4.69, 9.17) is 10.00 Å². The van der Waals surface area contributed by atoms with E-state index in [0.717, 1.165) is 0 Å². The second kappa shape index (κ2) is 5.77. The first-order valence-electron chi connectivity index (χ1n) is 4.89. The smallest absolute Gasteiger partial charge is 0.312 e. The van der Waals surface area contributed by atoms with Crippen molar-refractivity contribution in [1.29, 1.82) is 5.26 Å². The fourth-order valence-electron chi connectivity index (χ4n) is 1.11. The van der Waals surface area contributed by atoms with Gasteiger partial charge in [-0.25, -0.2) is 4.98 Å². The van der Waals surface area contributed by atoms with Gasteiger partial charge in [0.1, 0.15) is 6.07 Å². The molecule has 0 amide bonds. The van der Waals surface area contributed by atoms with Crippen molar-refractivity contribution < 1.29 is 9.66 Å². The zero-order valence-corrected chi connectivity index (χ0v) is 9.51. The maximum Gasteiger partial charge on any atom is 0.312 e. The first-order valence-corrected chi connectivity index (χ1v) is 4.89. The monoisotopic (exact) mass is 236 g/mol. The molecule has 1 rings (SSSR count). The minimum Gasteiger partial charge on any atom is -0.380 e. The van der Waals surface area contributed by atoms with E-state index in [1.807, 2.05) is 6.92 Å². The van der Waals surface area contributed by atoms with Gasteiger partial charge in [-0.3, -0.25) is 10.1 Å². The maximum atomic E-state index is 10.8. The maximum absolute atomic E-state index is 10.8. The topological polar surface area (TPSA) is 101 Å². The summed E-state index contributed by atoms with van der Waals surface area (Å²) in [6.45, 7) is 2.22. The van der Waals surface area contributed by atoms with Gasteiger partial charge in [0, 0.05) is 25.9 Å². The standard InChI is InChI=1S/C10H12N4O3/c1-7(17-2)5-12-10-9(14(15)16)3-8(4-11)6-13-10/h3,6-7H,5H2,1-2H3,(H,12,13)/t7-/m1/s1. The van der Waals surface area contributed by atoms with Crippen molar-refractivity contribution >= 4 is 11.5 Å². The lowest BCUT2D eigenvalue weighted by atomic mass is 10.2. The third-order valence-corrected chi connectivity index (χ3v) is 2.15. The van der Waals surface area contributed by atoms with Crippen LogP contribution in [0.1, 0.15) is 12.5 Å². The van der Waals surface area contributed by atoms with E-state index >= 15 is 0 Å². The molecule has 0 spiro atoms. The van der Waals surface area contributed by atoms with E-state index in [0.29, 0.717) is 6.54 Å². The highest BCUT2D eigenvalue weighted by molar-refractivity contribution is 5.58. The van der Waals surface area contributed by atoms with E-state index in [9.17, 15) is 10.1 Å². The number of anilines is 1. The number of hydrogen-bond acceptors (Lipinski definition) is 6. The Balaban J connectivity index is 2.92. The predicted octanol–water partition coefficient (Wildman–Crippen LogP) is 1.31. The highest BCUT2D eigenvalue weighted by Crippen LogP contribution is 2.22. The fourth-order valence-corrected chi connectivity index (χ4v) is 1.11. The van der Waals surface area contributed by atoms with Gasteiger partial charge in [0.05, 0.1) is 16.6 Å². The molecule has 0 aromatic carbocycles. The van der Waals surface area contributed by atoms with E-state index < -0.39 is 4.92 Å². The third-order valence-electron chi connectivity index (χ3n) is 2.15. The number of aromatic nitrogens is 1. The van der Waals surface area contributed by atoms with E-state index in [1.54, 1.807) is 13.2 Å². The van der Waals surface area contributed by atoms with E-state index in [-0.39, 0.29) is 23.2 Å². The van der Waals surface area contributed by atoms with Crippen LogP contribution in [0.25, 0.3) is 0 Å². The summed E-state index contributed by atoms with van der Waals surface area (Å²) >= 11 is 0. The molecule has 1 atom stereocenters. The van der Waals surface area contributed by atoms with Crippen LogP contribution < -0.4 is 5.32 Å². The van der Waals surface area contributed by atoms with E-state index in [2.05, 4.69) is 10.3 Å². The summed E-state index contributed by atoms with van der Waals surface area (Å²) in [5, 5.41) is 22.2. The number of nitrogens with zero attached hydrogens (tertiary/aromatic N) is 3. The second-order valence-corrected chi connectivity index (χ2v) is 3.39. The van der Waals surface area contributed by atoms with Crippen molar-refractivity contribution in [2.75, 3.05) is 19.0 Å². The average molecular weight is 236 g/mol. The fraction of sp³-hybridized carbons (Fsp3) is 0.400. The van der Waals surface area contributed by atoms with Crippen molar-refractivity contribution in [3.63, 3.8) is 0 Å². The predicted molar refractivity (Wildman–Crippen MR) is 60.6 cm³/mol. The lowest BCUT2D eigenvalue weighted by Crippen LogP contribution is -2.19. The van der Waals surface area contributed by atoms with Gasteiger partial charge in [-0.1, -0.05) is 0 Å². The molecule has 1 N–H and O–H groups in total. The molecule has 0 bridgehead atoms. The number of nitro groups is 1. The molecule has 1 aromatic rings. The van der Waals surface area contributed by atoms with Gasteiger partial charge in [0.25, 0.3) is 0 Å². The van der Waals surface area contributed by atoms with Crippen LogP contribution in [-0.2, 0) is 4.74 Å². The van der Waals surface area contributed by atoms with Gasteiger partial charge in [0.2, 0.25) is 5.82 Å². The largest absolute Gasteiger partial charge is 0.380 e. The summed E-state index contributed by atoms with van der Waals surface area (Å²) in [7, 11) is 1.55. The Morgan fingerprint density at radius 2 is 2.47 bits per heavy atom. The molecule has 0 radical (unpaired) electrons. The second-order valence-electron chi connectivity index (χ2n) is 3.39. The minimum atomic E-state index is -0.576. The highest BCUT2D eigenvalue weighted by atomic mass is 16.6. The Morgan fingerprint density at radius 3 is 3.00 bits per heavy atom. The Morgan fingerprint density at radius 1 is 1.76 bits per heavy atom. The molecule has 1 heterocycles. The van der Waals surface area contributed by atoms with Gasteiger partial charge in [-0.05, 0) is 6.92 Å². The van der Waals surface area contributed by atoms with Crippen molar-refractivity contribution in [2.45, 2.75) is 13.0 Å². The number of ether oxygens (including phenoxy) is 1. The van der Waals surface area contributed by atoms with Crippen molar-refractivity contribution in [3.8, 4) is 6.07 Å². The van der Waals surface area contributed by atoms with Crippen LogP contribution in [0.5, 0.6) is 0 Å². The Hall–Kier alpha value is -2.20. The molecule has 0 aliphatic rings. The Kier molecular flexibility index (Phi) is 4.37. The van der Waals surface area contributed by atoms with Crippen molar-refractivity contribution in [2.24, 2.45) is 0 Å². The van der Waals surface area contributed by atoms with Crippen LogP contribution in [0.2, 0.25) is 0 Å². The Bertz CT molecular complexity index is 455. The van der Waals surface area contributed by atoms with Crippen LogP contribution >= 0.6 is 0 Å². The van der Waals surface area contributed by atoms with Crippen LogP contribution in [-0.4, -0.2) is 29.7 Å². The molecule has 0 aliphatic heterocycles. The van der Waals surface area contributed by atoms with Crippen LogP contribution in [0.4, 0.5) is 11.5 Å². The quantitative estimate of drug-likeness (QED) is 0.610. The number of hydrogen-bond donors (Lipinski definition) is 1. The van der Waals surface area contributed by atoms with E-state index in [1.165, 1.54) is 12.3 Å². The zero-order valence-electron chi connectivity index (χ0n) is 9.51. The number of pyridine rings is 1. The number of nitriles is 1. The summed E-state index contributed by atoms with van der Waals surface area (Å²) in [5.41, 5.74) is -0.0607. The van der Waals surface area contributed by atoms with Gasteiger partial charge < -0.3 is 10.1 Å². The molecule has 0 unspecified atom stereocenters. The summed E-state index contributed by atoms with van der Waals surface area (Å²) < 4.78 is 5.00. The molecular weight excluding hydrogens is 224 g/mol. The molecule has 1 aromatic heterocycles. The third kappa shape index (κ3) is 3.39. The molecule has 90 valence electrons. The van der Waals surface area contributed by atoms with Crippen LogP contribution in [0.15, 0.2) is 12.3 Å². The van der Waals surface area contributed by atoms with Crippen molar-refractivity contribution in [1.82, 2.24) is 4.98 Å². The molecule has 0 aliphatic carbocycles. The first kappa shape index (κ1) is 12.9. The SMILES string of the molecule is CO[C@H](C)CNc1ncc(C#N)cc1[N+](=O)[O-]. The lowest BCUT2D eigenvalue weighted by Gasteiger charge is -2.11. The first-order chi connectivity index (χ1) is 8.08. The molecular formula is C10H12N4O3. The summed E-state index contributed by atoms with van der Waals surface area (Å²) in [4.78, 5) is 14.1. The van der Waals surface area contributed by atoms with Gasteiger partial charge in [0.15, 0.2) is 0 Å². The normalized spacial score (nSPS) is 11.6. The van der Waals surface area contributed by atoms with Gasteiger partial charge >= 0.3 is 5.69 Å². The van der Waals surface area contributed by atoms with Crippen molar-refractivity contribution in [3.05, 3.63) is 27.9 Å². The summed E-state index contributed by atoms with van der Waals surface area (Å²) in [5.74, 6) is 0.137. The average Bonchev–Trinajstić information content (AvgIpc) is 2.35. The number of rotatable bonds is 5. The highest BCUT2D eigenvalue weighted by Gasteiger charge is 2.16. The number of nitrogens with one attached hydrogen (secondary N) is 1. The summed E-state index contributed by atoms with van der Waals surface area (Å²) in [6.07, 6.45) is 1.19. The molecule has 0 saturated carbocycles. The minimum absolute atomic E-state index is 0.0907. The van der Waals surface area contributed by atoms with Gasteiger partial charge in [-0.2, -0.15) is 5.26 Å². The van der Waals surface area contributed by atoms with Gasteiger partial charge in [-0.15, -0.1) is 0 Å². The Labute approximate surface area is 98.2 Å². The zero-order chi connectivity index (χ0) is 12.8. The summed E-state index contributed by atoms with van der Waals surface area (Å²) in [6, 6.07) is 2.99. The molecule has 0 saturated heterocycles. The molecule has 7 heteroatoms. The molecule has 17 heavy (non-hydrogen) atoms. The van der Waals surface area contributed by atoms with Crippen LogP contribution in [0, 0.1) is 21.4 Å². The lowest BCUT2D eigenvalue weighted by molar-refractivity contribution is -0.384.